The molecule has 0 heterocycles. The van der Waals surface area contributed by atoms with Crippen LogP contribution >= 0.6 is 0 Å². The molecule has 0 aromatic heterocycles. The van der Waals surface area contributed by atoms with E-state index < -0.39 is 6.61 Å². The minimum atomic E-state index is -2.69. The molecule has 4 heteroatoms. The summed E-state index contributed by atoms with van der Waals surface area (Å²) in [4.78, 5) is 0. The number of benzene rings is 1. The molecule has 1 aromatic carbocycles. The quantitative estimate of drug-likeness (QED) is 0.781. The van der Waals surface area contributed by atoms with Crippen molar-refractivity contribution in [2.24, 2.45) is 0 Å². The average Bonchev–Trinajstić information content (AvgIpc) is 2.29. The normalized spacial score (nSPS) is 9.62. The molecule has 0 fully saturated rings. The number of halogens is 2. The molecule has 92 valence electrons. The molecule has 0 saturated carbocycles. The lowest BCUT2D eigenvalue weighted by atomic mass is 10.2. The van der Waals surface area contributed by atoms with Gasteiger partial charge in [0.25, 0.3) is 0 Å². The van der Waals surface area contributed by atoms with Crippen LogP contribution in [-0.4, -0.2) is 19.8 Å². The van der Waals surface area contributed by atoms with Gasteiger partial charge in [-0.2, -0.15) is 8.78 Å². The van der Waals surface area contributed by atoms with Gasteiger partial charge >= 0.3 is 6.61 Å². The Labute approximate surface area is 95.6 Å². The summed E-state index contributed by atoms with van der Waals surface area (Å²) in [6, 6.07) is 7.71. The van der Waals surface area contributed by atoms with Crippen molar-refractivity contribution in [2.75, 3.05) is 18.5 Å². The summed E-state index contributed by atoms with van der Waals surface area (Å²) in [6.45, 7) is 3.69. The van der Waals surface area contributed by atoms with Crippen molar-refractivity contribution >= 4 is 5.69 Å². The maximum atomic E-state index is 11.6. The first-order valence-corrected chi connectivity index (χ1v) is 5.39. The molecule has 1 N–H and O–H groups in total. The Morgan fingerprint density at radius 3 is 2.25 bits per heavy atom. The fraction of sp³-hybridized carbons (Fsp3) is 0.500. The second-order valence-electron chi connectivity index (χ2n) is 2.92. The van der Waals surface area contributed by atoms with Gasteiger partial charge in [-0.15, -0.1) is 0 Å². The highest BCUT2D eigenvalue weighted by Crippen LogP contribution is 2.07. The van der Waals surface area contributed by atoms with E-state index in [0.29, 0.717) is 6.54 Å². The highest BCUT2D eigenvalue weighted by molar-refractivity contribution is 5.44. The SMILES string of the molecule is CC.Cc1ccc(NCCOC(F)F)cc1. The van der Waals surface area contributed by atoms with E-state index in [1.54, 1.807) is 0 Å². The van der Waals surface area contributed by atoms with E-state index in [9.17, 15) is 8.78 Å². The molecule has 1 rings (SSSR count). The number of ether oxygens (including phenoxy) is 1. The molecular formula is C12H19F2NO. The Kier molecular flexibility index (Phi) is 8.43. The number of anilines is 1. The summed E-state index contributed by atoms with van der Waals surface area (Å²) in [7, 11) is 0. The van der Waals surface area contributed by atoms with E-state index in [0.717, 1.165) is 5.69 Å². The van der Waals surface area contributed by atoms with Crippen molar-refractivity contribution in [3.63, 3.8) is 0 Å². The summed E-state index contributed by atoms with van der Waals surface area (Å²) in [5.41, 5.74) is 2.08. The topological polar surface area (TPSA) is 21.3 Å². The van der Waals surface area contributed by atoms with Gasteiger partial charge in [0.1, 0.15) is 0 Å². The van der Waals surface area contributed by atoms with Crippen molar-refractivity contribution in [1.82, 2.24) is 0 Å². The first-order valence-electron chi connectivity index (χ1n) is 5.39. The van der Waals surface area contributed by atoms with Crippen LogP contribution in [0, 0.1) is 6.92 Å². The number of nitrogens with one attached hydrogen (secondary N) is 1. The Balaban J connectivity index is 0.00000106. The second kappa shape index (κ2) is 9.09. The van der Waals surface area contributed by atoms with Gasteiger partial charge < -0.3 is 10.1 Å². The molecule has 1 aromatic rings. The zero-order chi connectivity index (χ0) is 12.4. The van der Waals surface area contributed by atoms with Crippen molar-refractivity contribution in [1.29, 1.82) is 0 Å². The van der Waals surface area contributed by atoms with E-state index in [4.69, 9.17) is 0 Å². The highest BCUT2D eigenvalue weighted by atomic mass is 19.3. The zero-order valence-corrected chi connectivity index (χ0v) is 9.97. The molecular weight excluding hydrogens is 212 g/mol. The Morgan fingerprint density at radius 1 is 1.19 bits per heavy atom. The van der Waals surface area contributed by atoms with E-state index in [-0.39, 0.29) is 6.61 Å². The predicted octanol–water partition coefficient (Wildman–Crippen LogP) is 3.67. The van der Waals surface area contributed by atoms with E-state index in [1.807, 2.05) is 45.0 Å². The standard InChI is InChI=1S/C10H13F2NO.C2H6/c1-8-2-4-9(5-3-8)13-6-7-14-10(11)12;1-2/h2-5,10,13H,6-7H2,1H3;1-2H3. The first-order chi connectivity index (χ1) is 7.68. The maximum absolute atomic E-state index is 11.6. The molecule has 0 amide bonds. The molecule has 0 aliphatic carbocycles. The Hall–Kier alpha value is -1.16. The lowest BCUT2D eigenvalue weighted by Crippen LogP contribution is -2.11. The van der Waals surface area contributed by atoms with Crippen LogP contribution in [0.15, 0.2) is 24.3 Å². The van der Waals surface area contributed by atoms with Crippen LogP contribution in [-0.2, 0) is 4.74 Å². The Bertz CT molecular complexity index is 262. The number of alkyl halides is 2. The van der Waals surface area contributed by atoms with Gasteiger partial charge in [0, 0.05) is 12.2 Å². The van der Waals surface area contributed by atoms with Gasteiger partial charge in [-0.1, -0.05) is 31.5 Å². The monoisotopic (exact) mass is 231 g/mol. The van der Waals surface area contributed by atoms with Gasteiger partial charge in [0.05, 0.1) is 6.61 Å². The number of hydrogen-bond donors (Lipinski definition) is 1. The summed E-state index contributed by atoms with van der Waals surface area (Å²) in [6.07, 6.45) is 0. The van der Waals surface area contributed by atoms with Crippen molar-refractivity contribution in [3.05, 3.63) is 29.8 Å². The molecule has 16 heavy (non-hydrogen) atoms. The van der Waals surface area contributed by atoms with Gasteiger partial charge in [0.2, 0.25) is 0 Å². The fourth-order valence-corrected chi connectivity index (χ4v) is 1.01. The minimum Gasteiger partial charge on any atom is -0.383 e. The minimum absolute atomic E-state index is 0.00550. The third-order valence-corrected chi connectivity index (χ3v) is 1.73. The predicted molar refractivity (Wildman–Crippen MR) is 63.0 cm³/mol. The van der Waals surface area contributed by atoms with Crippen molar-refractivity contribution in [3.8, 4) is 0 Å². The molecule has 0 bridgehead atoms. The summed E-state index contributed by atoms with van der Waals surface area (Å²) in [5, 5.41) is 2.97. The number of aryl methyl sites for hydroxylation is 1. The summed E-state index contributed by atoms with van der Waals surface area (Å²) < 4.78 is 27.2. The largest absolute Gasteiger partial charge is 0.383 e. The van der Waals surface area contributed by atoms with Crippen LogP contribution in [0.25, 0.3) is 0 Å². The van der Waals surface area contributed by atoms with Gasteiger partial charge in [-0.05, 0) is 19.1 Å². The van der Waals surface area contributed by atoms with Crippen LogP contribution in [0.5, 0.6) is 0 Å². The van der Waals surface area contributed by atoms with Crippen LogP contribution < -0.4 is 5.32 Å². The smallest absolute Gasteiger partial charge is 0.345 e. The second-order valence-corrected chi connectivity index (χ2v) is 2.92. The Morgan fingerprint density at radius 2 is 1.75 bits per heavy atom. The van der Waals surface area contributed by atoms with Crippen LogP contribution in [0.2, 0.25) is 0 Å². The molecule has 0 aliphatic heterocycles. The van der Waals surface area contributed by atoms with Gasteiger partial charge in [-0.25, -0.2) is 0 Å². The van der Waals surface area contributed by atoms with Gasteiger partial charge in [0.15, 0.2) is 0 Å². The van der Waals surface area contributed by atoms with E-state index in [2.05, 4.69) is 10.1 Å². The summed E-state index contributed by atoms with van der Waals surface area (Å²) >= 11 is 0. The number of hydrogen-bond acceptors (Lipinski definition) is 2. The lowest BCUT2D eigenvalue weighted by molar-refractivity contribution is -0.125. The number of rotatable bonds is 5. The third kappa shape index (κ3) is 7.17. The highest BCUT2D eigenvalue weighted by Gasteiger charge is 1.99. The molecule has 0 aliphatic rings. The van der Waals surface area contributed by atoms with Crippen LogP contribution in [0.4, 0.5) is 14.5 Å². The third-order valence-electron chi connectivity index (χ3n) is 1.73. The van der Waals surface area contributed by atoms with Crippen LogP contribution in [0.1, 0.15) is 19.4 Å². The van der Waals surface area contributed by atoms with Crippen molar-refractivity contribution in [2.45, 2.75) is 27.4 Å². The van der Waals surface area contributed by atoms with Gasteiger partial charge in [-0.3, -0.25) is 0 Å². The molecule has 2 nitrogen and oxygen atoms in total. The average molecular weight is 231 g/mol. The van der Waals surface area contributed by atoms with E-state index in [1.165, 1.54) is 5.56 Å². The molecule has 0 atom stereocenters. The summed E-state index contributed by atoms with van der Waals surface area (Å²) in [5.74, 6) is 0. The van der Waals surface area contributed by atoms with Crippen LogP contribution in [0.3, 0.4) is 0 Å². The molecule has 0 radical (unpaired) electrons. The molecule has 0 saturated heterocycles. The maximum Gasteiger partial charge on any atom is 0.345 e. The fourth-order valence-electron chi connectivity index (χ4n) is 1.01. The van der Waals surface area contributed by atoms with Crippen molar-refractivity contribution < 1.29 is 13.5 Å². The van der Waals surface area contributed by atoms with E-state index >= 15 is 0 Å². The lowest BCUT2D eigenvalue weighted by Gasteiger charge is -2.06. The zero-order valence-electron chi connectivity index (χ0n) is 9.97. The molecule has 0 unspecified atom stereocenters. The molecule has 0 spiro atoms. The first kappa shape index (κ1) is 14.8.